The van der Waals surface area contributed by atoms with Gasteiger partial charge in [-0.3, -0.25) is 0 Å². The van der Waals surface area contributed by atoms with Gasteiger partial charge in [-0.15, -0.1) is 0 Å². The van der Waals surface area contributed by atoms with Gasteiger partial charge >= 0.3 is 0 Å². The average Bonchev–Trinajstić information content (AvgIpc) is 2.64. The minimum atomic E-state index is 0.494. The maximum absolute atomic E-state index is 5.74. The van der Waals surface area contributed by atoms with Crippen LogP contribution in [0.3, 0.4) is 0 Å². The molecule has 0 spiro atoms. The number of hydrogen-bond acceptors (Lipinski definition) is 2. The fourth-order valence-corrected chi connectivity index (χ4v) is 2.60. The molecule has 1 aliphatic rings. The van der Waals surface area contributed by atoms with E-state index >= 15 is 0 Å². The van der Waals surface area contributed by atoms with E-state index in [-0.39, 0.29) is 0 Å². The SMILES string of the molecule is Cc1cc(N)ccc1NCC1(C)CCCC1. The van der Waals surface area contributed by atoms with Gasteiger partial charge in [0, 0.05) is 17.9 Å². The molecule has 2 rings (SSSR count). The molecule has 16 heavy (non-hydrogen) atoms. The smallest absolute Gasteiger partial charge is 0.0371 e. The molecule has 88 valence electrons. The molecular weight excluding hydrogens is 196 g/mol. The van der Waals surface area contributed by atoms with E-state index in [9.17, 15) is 0 Å². The second-order valence-electron chi connectivity index (χ2n) is 5.45. The lowest BCUT2D eigenvalue weighted by molar-refractivity contribution is 0.362. The maximum Gasteiger partial charge on any atom is 0.0371 e. The molecule has 1 fully saturated rings. The van der Waals surface area contributed by atoms with Gasteiger partial charge in [0.2, 0.25) is 0 Å². The number of nitrogens with one attached hydrogen (secondary N) is 1. The third-order valence-corrected chi connectivity index (χ3v) is 3.77. The van der Waals surface area contributed by atoms with Crippen LogP contribution in [-0.4, -0.2) is 6.54 Å². The first-order valence-electron chi connectivity index (χ1n) is 6.19. The summed E-state index contributed by atoms with van der Waals surface area (Å²) in [6.07, 6.45) is 5.49. The predicted octanol–water partition coefficient (Wildman–Crippen LogP) is 3.57. The van der Waals surface area contributed by atoms with Gasteiger partial charge in [-0.05, 0) is 48.9 Å². The summed E-state index contributed by atoms with van der Waals surface area (Å²) in [5, 5.41) is 3.57. The molecule has 1 aromatic carbocycles. The first-order valence-corrected chi connectivity index (χ1v) is 6.19. The zero-order valence-electron chi connectivity index (χ0n) is 10.3. The topological polar surface area (TPSA) is 38.0 Å². The van der Waals surface area contributed by atoms with Crippen molar-refractivity contribution in [3.8, 4) is 0 Å². The normalized spacial score (nSPS) is 18.6. The molecule has 1 aliphatic carbocycles. The molecule has 0 unspecified atom stereocenters. The van der Waals surface area contributed by atoms with E-state index in [1.54, 1.807) is 0 Å². The molecule has 0 aromatic heterocycles. The first-order chi connectivity index (χ1) is 7.59. The van der Waals surface area contributed by atoms with E-state index in [4.69, 9.17) is 5.73 Å². The van der Waals surface area contributed by atoms with Crippen molar-refractivity contribution in [2.75, 3.05) is 17.6 Å². The van der Waals surface area contributed by atoms with E-state index < -0.39 is 0 Å². The van der Waals surface area contributed by atoms with Gasteiger partial charge in [0.25, 0.3) is 0 Å². The number of anilines is 2. The van der Waals surface area contributed by atoms with Crippen LogP contribution in [0.15, 0.2) is 18.2 Å². The Morgan fingerprint density at radius 1 is 1.31 bits per heavy atom. The molecule has 0 heterocycles. The van der Waals surface area contributed by atoms with Gasteiger partial charge in [-0.1, -0.05) is 19.8 Å². The van der Waals surface area contributed by atoms with Gasteiger partial charge in [0.1, 0.15) is 0 Å². The summed E-state index contributed by atoms with van der Waals surface area (Å²) >= 11 is 0. The van der Waals surface area contributed by atoms with Crippen molar-refractivity contribution in [1.82, 2.24) is 0 Å². The Labute approximate surface area is 98.2 Å². The Morgan fingerprint density at radius 3 is 2.62 bits per heavy atom. The van der Waals surface area contributed by atoms with Crippen LogP contribution >= 0.6 is 0 Å². The maximum atomic E-state index is 5.74. The van der Waals surface area contributed by atoms with Gasteiger partial charge in [0.15, 0.2) is 0 Å². The minimum Gasteiger partial charge on any atom is -0.399 e. The Bertz CT molecular complexity index is 365. The highest BCUT2D eigenvalue weighted by atomic mass is 14.9. The predicted molar refractivity (Wildman–Crippen MR) is 70.7 cm³/mol. The van der Waals surface area contributed by atoms with E-state index in [0.29, 0.717) is 5.41 Å². The Hall–Kier alpha value is -1.18. The summed E-state index contributed by atoms with van der Waals surface area (Å²) in [6.45, 7) is 5.58. The number of hydrogen-bond donors (Lipinski definition) is 2. The molecule has 0 saturated heterocycles. The Morgan fingerprint density at radius 2 is 2.00 bits per heavy atom. The third-order valence-electron chi connectivity index (χ3n) is 3.77. The lowest BCUT2D eigenvalue weighted by Crippen LogP contribution is -2.23. The molecule has 1 saturated carbocycles. The molecule has 3 N–H and O–H groups in total. The molecule has 0 radical (unpaired) electrons. The summed E-state index contributed by atoms with van der Waals surface area (Å²) in [4.78, 5) is 0. The van der Waals surface area contributed by atoms with E-state index in [2.05, 4.69) is 25.2 Å². The van der Waals surface area contributed by atoms with Crippen molar-refractivity contribution in [3.05, 3.63) is 23.8 Å². The molecule has 0 aliphatic heterocycles. The highest BCUT2D eigenvalue weighted by Gasteiger charge is 2.28. The zero-order valence-corrected chi connectivity index (χ0v) is 10.3. The highest BCUT2D eigenvalue weighted by molar-refractivity contribution is 5.57. The van der Waals surface area contributed by atoms with Crippen molar-refractivity contribution < 1.29 is 0 Å². The monoisotopic (exact) mass is 218 g/mol. The van der Waals surface area contributed by atoms with Crippen molar-refractivity contribution in [2.45, 2.75) is 39.5 Å². The molecule has 0 atom stereocenters. The average molecular weight is 218 g/mol. The van der Waals surface area contributed by atoms with Crippen LogP contribution in [0, 0.1) is 12.3 Å². The van der Waals surface area contributed by atoms with Gasteiger partial charge in [-0.2, -0.15) is 0 Å². The summed E-state index contributed by atoms with van der Waals surface area (Å²) in [5.74, 6) is 0. The van der Waals surface area contributed by atoms with Crippen LogP contribution in [0.1, 0.15) is 38.2 Å². The quantitative estimate of drug-likeness (QED) is 0.761. The molecule has 1 aromatic rings. The van der Waals surface area contributed by atoms with Crippen molar-refractivity contribution in [2.24, 2.45) is 5.41 Å². The standard InChI is InChI=1S/C14H22N2/c1-11-9-12(15)5-6-13(11)16-10-14(2)7-3-4-8-14/h5-6,9,16H,3-4,7-8,10,15H2,1-2H3. The van der Waals surface area contributed by atoms with Crippen LogP contribution in [0.25, 0.3) is 0 Å². The Kier molecular flexibility index (Phi) is 3.08. The van der Waals surface area contributed by atoms with Crippen LogP contribution in [-0.2, 0) is 0 Å². The summed E-state index contributed by atoms with van der Waals surface area (Å²) in [6, 6.07) is 6.08. The van der Waals surface area contributed by atoms with E-state index in [0.717, 1.165) is 12.2 Å². The lowest BCUT2D eigenvalue weighted by atomic mass is 9.89. The van der Waals surface area contributed by atoms with E-state index in [1.807, 2.05) is 12.1 Å². The van der Waals surface area contributed by atoms with Crippen molar-refractivity contribution >= 4 is 11.4 Å². The van der Waals surface area contributed by atoms with Gasteiger partial charge < -0.3 is 11.1 Å². The number of aryl methyl sites for hydroxylation is 1. The summed E-state index contributed by atoms with van der Waals surface area (Å²) in [7, 11) is 0. The van der Waals surface area contributed by atoms with Crippen LogP contribution in [0.5, 0.6) is 0 Å². The highest BCUT2D eigenvalue weighted by Crippen LogP contribution is 2.37. The van der Waals surface area contributed by atoms with Gasteiger partial charge in [-0.25, -0.2) is 0 Å². The van der Waals surface area contributed by atoms with Crippen LogP contribution < -0.4 is 11.1 Å². The number of rotatable bonds is 3. The number of benzene rings is 1. The first kappa shape index (κ1) is 11.3. The van der Waals surface area contributed by atoms with Crippen LogP contribution in [0.2, 0.25) is 0 Å². The fraction of sp³-hybridized carbons (Fsp3) is 0.571. The molecular formula is C14H22N2. The summed E-state index contributed by atoms with van der Waals surface area (Å²) < 4.78 is 0. The largest absolute Gasteiger partial charge is 0.399 e. The second kappa shape index (κ2) is 4.36. The lowest BCUT2D eigenvalue weighted by Gasteiger charge is -2.25. The molecule has 0 bridgehead atoms. The van der Waals surface area contributed by atoms with Gasteiger partial charge in [0.05, 0.1) is 0 Å². The fourth-order valence-electron chi connectivity index (χ4n) is 2.60. The van der Waals surface area contributed by atoms with Crippen molar-refractivity contribution in [1.29, 1.82) is 0 Å². The molecule has 2 heteroatoms. The second-order valence-corrected chi connectivity index (χ2v) is 5.45. The number of nitrogens with two attached hydrogens (primary N) is 1. The third kappa shape index (κ3) is 2.49. The molecule has 2 nitrogen and oxygen atoms in total. The zero-order chi connectivity index (χ0) is 11.6. The van der Waals surface area contributed by atoms with Crippen molar-refractivity contribution in [3.63, 3.8) is 0 Å². The minimum absolute atomic E-state index is 0.494. The Balaban J connectivity index is 1.99. The number of nitrogen functional groups attached to an aromatic ring is 1. The molecule has 0 amide bonds. The van der Waals surface area contributed by atoms with E-state index in [1.165, 1.54) is 36.9 Å². The summed E-state index contributed by atoms with van der Waals surface area (Å²) in [5.41, 5.74) is 9.54. The van der Waals surface area contributed by atoms with Crippen LogP contribution in [0.4, 0.5) is 11.4 Å².